The van der Waals surface area contributed by atoms with Crippen molar-refractivity contribution in [1.29, 1.82) is 0 Å². The molecule has 2 atom stereocenters. The maximum absolute atomic E-state index is 12.8. The van der Waals surface area contributed by atoms with Crippen molar-refractivity contribution in [2.24, 2.45) is 5.92 Å². The van der Waals surface area contributed by atoms with Gasteiger partial charge >= 0.3 is 5.69 Å². The fraction of sp³-hybridized carbons (Fsp3) is 0.524. The number of H-pyrrole nitrogens is 2. The lowest BCUT2D eigenvalue weighted by Gasteiger charge is -2.25. The number of aromatic amines is 2. The van der Waals surface area contributed by atoms with Crippen LogP contribution in [0.15, 0.2) is 23.0 Å². The molecular weight excluding hydrogens is 372 g/mol. The molecule has 0 fully saturated rings. The van der Waals surface area contributed by atoms with Gasteiger partial charge in [-0.05, 0) is 42.0 Å². The monoisotopic (exact) mass is 404 g/mol. The SMILES string of the molecule is CNC(C(=O)NC(Cc1ccc(O)c(C(C)(C)C)c1)c1[nH]c(=O)[nH]c1O)C(C)C. The number of phenols is 1. The molecule has 0 saturated heterocycles. The summed E-state index contributed by atoms with van der Waals surface area (Å²) in [4.78, 5) is 29.3. The van der Waals surface area contributed by atoms with Crippen molar-refractivity contribution in [2.45, 2.75) is 58.5 Å². The Morgan fingerprint density at radius 2 is 1.83 bits per heavy atom. The Kier molecular flexibility index (Phi) is 6.79. The van der Waals surface area contributed by atoms with Gasteiger partial charge < -0.3 is 25.8 Å². The van der Waals surface area contributed by atoms with Gasteiger partial charge in [0.2, 0.25) is 11.8 Å². The van der Waals surface area contributed by atoms with E-state index in [0.717, 1.165) is 11.1 Å². The van der Waals surface area contributed by atoms with E-state index in [0.29, 0.717) is 6.42 Å². The van der Waals surface area contributed by atoms with Gasteiger partial charge in [0.05, 0.1) is 12.1 Å². The maximum atomic E-state index is 12.8. The molecule has 1 amide bonds. The van der Waals surface area contributed by atoms with E-state index in [4.69, 9.17) is 0 Å². The molecule has 0 bridgehead atoms. The van der Waals surface area contributed by atoms with Gasteiger partial charge in [-0.3, -0.25) is 9.78 Å². The summed E-state index contributed by atoms with van der Waals surface area (Å²) in [5.41, 5.74) is 1.03. The van der Waals surface area contributed by atoms with E-state index in [1.807, 2.05) is 40.7 Å². The van der Waals surface area contributed by atoms with E-state index >= 15 is 0 Å². The molecule has 1 aromatic heterocycles. The van der Waals surface area contributed by atoms with Crippen LogP contribution in [-0.2, 0) is 16.6 Å². The zero-order valence-electron chi connectivity index (χ0n) is 17.9. The normalized spacial score (nSPS) is 14.0. The second-order valence-corrected chi connectivity index (χ2v) is 8.72. The van der Waals surface area contributed by atoms with E-state index in [9.17, 15) is 19.8 Å². The minimum atomic E-state index is -0.659. The largest absolute Gasteiger partial charge is 0.508 e. The molecule has 1 heterocycles. The third-order valence-electron chi connectivity index (χ3n) is 4.97. The highest BCUT2D eigenvalue weighted by Gasteiger charge is 2.27. The van der Waals surface area contributed by atoms with Crippen molar-refractivity contribution in [2.75, 3.05) is 7.05 Å². The molecule has 8 heteroatoms. The van der Waals surface area contributed by atoms with Crippen LogP contribution in [0.3, 0.4) is 0 Å². The zero-order valence-corrected chi connectivity index (χ0v) is 17.9. The first kappa shape index (κ1) is 22.5. The van der Waals surface area contributed by atoms with Gasteiger partial charge in [-0.25, -0.2) is 4.79 Å². The van der Waals surface area contributed by atoms with Crippen LogP contribution < -0.4 is 16.3 Å². The van der Waals surface area contributed by atoms with Crippen molar-refractivity contribution in [3.05, 3.63) is 45.5 Å². The molecule has 0 aliphatic carbocycles. The summed E-state index contributed by atoms with van der Waals surface area (Å²) in [6, 6.07) is 4.19. The molecule has 2 aromatic rings. The first-order chi connectivity index (χ1) is 13.4. The number of hydrogen-bond acceptors (Lipinski definition) is 5. The Morgan fingerprint density at radius 1 is 1.17 bits per heavy atom. The predicted molar refractivity (Wildman–Crippen MR) is 112 cm³/mol. The molecule has 29 heavy (non-hydrogen) atoms. The number of amides is 1. The molecule has 0 aliphatic heterocycles. The average molecular weight is 405 g/mol. The Hall–Kier alpha value is -2.74. The van der Waals surface area contributed by atoms with Crippen LogP contribution in [0.4, 0.5) is 0 Å². The molecule has 0 aliphatic rings. The molecule has 6 N–H and O–H groups in total. The van der Waals surface area contributed by atoms with Crippen molar-refractivity contribution < 1.29 is 15.0 Å². The predicted octanol–water partition coefficient (Wildman–Crippen LogP) is 2.06. The molecule has 0 radical (unpaired) electrons. The fourth-order valence-electron chi connectivity index (χ4n) is 3.44. The van der Waals surface area contributed by atoms with Gasteiger partial charge in [0.15, 0.2) is 0 Å². The van der Waals surface area contributed by atoms with Gasteiger partial charge in [0.1, 0.15) is 11.4 Å². The topological polar surface area (TPSA) is 130 Å². The van der Waals surface area contributed by atoms with Crippen LogP contribution in [-0.4, -0.2) is 39.2 Å². The lowest BCUT2D eigenvalue weighted by molar-refractivity contribution is -0.124. The van der Waals surface area contributed by atoms with Crippen LogP contribution in [0.1, 0.15) is 57.5 Å². The number of rotatable bonds is 7. The van der Waals surface area contributed by atoms with E-state index in [-0.39, 0.29) is 34.6 Å². The highest BCUT2D eigenvalue weighted by Crippen LogP contribution is 2.32. The number of hydrogen-bond donors (Lipinski definition) is 6. The van der Waals surface area contributed by atoms with Crippen molar-refractivity contribution in [3.63, 3.8) is 0 Å². The second-order valence-electron chi connectivity index (χ2n) is 8.72. The number of benzene rings is 1. The Morgan fingerprint density at radius 3 is 2.31 bits per heavy atom. The van der Waals surface area contributed by atoms with Gasteiger partial charge in [-0.1, -0.05) is 46.8 Å². The second kappa shape index (κ2) is 8.73. The number of aromatic nitrogens is 2. The van der Waals surface area contributed by atoms with E-state index in [1.165, 1.54) is 0 Å². The summed E-state index contributed by atoms with van der Waals surface area (Å²) in [5.74, 6) is -0.278. The molecule has 2 unspecified atom stereocenters. The average Bonchev–Trinajstić information content (AvgIpc) is 2.93. The number of aromatic hydroxyl groups is 2. The first-order valence-corrected chi connectivity index (χ1v) is 9.75. The van der Waals surface area contributed by atoms with Crippen molar-refractivity contribution >= 4 is 5.91 Å². The number of carbonyl (C=O) groups excluding carboxylic acids is 1. The minimum absolute atomic E-state index is 0.0562. The van der Waals surface area contributed by atoms with Gasteiger partial charge in [-0.2, -0.15) is 0 Å². The van der Waals surface area contributed by atoms with E-state index < -0.39 is 17.8 Å². The molecule has 8 nitrogen and oxygen atoms in total. The number of phenolic OH excluding ortho intramolecular Hbond substituents is 1. The van der Waals surface area contributed by atoms with Gasteiger partial charge in [0.25, 0.3) is 0 Å². The van der Waals surface area contributed by atoms with Crippen LogP contribution >= 0.6 is 0 Å². The molecule has 1 aromatic carbocycles. The highest BCUT2D eigenvalue weighted by molar-refractivity contribution is 5.82. The minimum Gasteiger partial charge on any atom is -0.508 e. The Labute approximate surface area is 170 Å². The molecule has 160 valence electrons. The number of nitrogens with one attached hydrogen (secondary N) is 4. The van der Waals surface area contributed by atoms with Crippen LogP contribution in [0.25, 0.3) is 0 Å². The maximum Gasteiger partial charge on any atom is 0.326 e. The number of carbonyl (C=O) groups is 1. The van der Waals surface area contributed by atoms with Crippen LogP contribution in [0.2, 0.25) is 0 Å². The fourth-order valence-corrected chi connectivity index (χ4v) is 3.44. The Balaban J connectivity index is 2.40. The zero-order chi connectivity index (χ0) is 21.9. The lowest BCUT2D eigenvalue weighted by Crippen LogP contribution is -2.47. The summed E-state index contributed by atoms with van der Waals surface area (Å²) in [6.07, 6.45) is 0.324. The van der Waals surface area contributed by atoms with Crippen molar-refractivity contribution in [1.82, 2.24) is 20.6 Å². The molecule has 0 spiro atoms. The summed E-state index contributed by atoms with van der Waals surface area (Å²) in [7, 11) is 1.71. The number of likely N-dealkylation sites (N-methyl/N-ethyl adjacent to an activating group) is 1. The van der Waals surface area contributed by atoms with Crippen molar-refractivity contribution in [3.8, 4) is 11.6 Å². The van der Waals surface area contributed by atoms with E-state index in [2.05, 4.69) is 20.6 Å². The molecular formula is C21H32N4O4. The smallest absolute Gasteiger partial charge is 0.326 e. The van der Waals surface area contributed by atoms with Crippen LogP contribution in [0, 0.1) is 5.92 Å². The van der Waals surface area contributed by atoms with Crippen LogP contribution in [0.5, 0.6) is 11.6 Å². The quantitative estimate of drug-likeness (QED) is 0.421. The summed E-state index contributed by atoms with van der Waals surface area (Å²) in [5, 5.41) is 26.3. The third-order valence-corrected chi connectivity index (χ3v) is 4.97. The first-order valence-electron chi connectivity index (χ1n) is 9.75. The Bertz CT molecular complexity index is 908. The summed E-state index contributed by atoms with van der Waals surface area (Å²) < 4.78 is 0. The van der Waals surface area contributed by atoms with E-state index in [1.54, 1.807) is 19.2 Å². The van der Waals surface area contributed by atoms with Gasteiger partial charge in [0, 0.05) is 0 Å². The van der Waals surface area contributed by atoms with Gasteiger partial charge in [-0.15, -0.1) is 0 Å². The molecule has 0 saturated carbocycles. The molecule has 2 rings (SSSR count). The number of imidazole rings is 1. The highest BCUT2D eigenvalue weighted by atomic mass is 16.3. The third kappa shape index (κ3) is 5.41. The summed E-state index contributed by atoms with van der Waals surface area (Å²) in [6.45, 7) is 9.87. The lowest BCUT2D eigenvalue weighted by atomic mass is 9.84. The standard InChI is InChI=1S/C21H32N4O4/c1-11(2)16(22-6)18(27)23-14(17-19(28)25-20(29)24-17)10-12-7-8-15(26)13(9-12)21(3,4)5/h7-9,11,14,16,22,26,28H,10H2,1-6H3,(H,23,27)(H2,24,25,29). The summed E-state index contributed by atoms with van der Waals surface area (Å²) >= 11 is 0.